The van der Waals surface area contributed by atoms with Crippen LogP contribution in [0.25, 0.3) is 33.3 Å². The van der Waals surface area contributed by atoms with Crippen molar-refractivity contribution in [3.63, 3.8) is 0 Å². The number of fused-ring (bicyclic) bond motifs is 1. The van der Waals surface area contributed by atoms with Gasteiger partial charge in [0.05, 0.1) is 22.2 Å². The van der Waals surface area contributed by atoms with Crippen LogP contribution in [0, 0.1) is 18.3 Å². The van der Waals surface area contributed by atoms with E-state index in [4.69, 9.17) is 10.5 Å². The van der Waals surface area contributed by atoms with Crippen molar-refractivity contribution in [1.82, 2.24) is 24.8 Å². The molecule has 0 radical (unpaired) electrons. The predicted octanol–water partition coefficient (Wildman–Crippen LogP) is 6.07. The second-order valence-electron chi connectivity index (χ2n) is 9.60. The standard InChI is InChI=1S/C31H24F3N7O2/c1-4-24(42)38-15-18-5-10-22(17(2)13-18)28-25(26-27(41(28)3)20(14-35)16-39-29(26)36)19-6-8-21(9-7-19)43-30-37-12-11-23(40-30)31(32,33)34/h4-13,16H,1,15H2,2-3H3,(H2,36,39)(H,38,42). The van der Waals surface area contributed by atoms with Gasteiger partial charge in [0, 0.05) is 37.1 Å². The highest BCUT2D eigenvalue weighted by molar-refractivity contribution is 6.11. The predicted molar refractivity (Wildman–Crippen MR) is 155 cm³/mol. The van der Waals surface area contributed by atoms with Gasteiger partial charge >= 0.3 is 12.2 Å². The van der Waals surface area contributed by atoms with Crippen molar-refractivity contribution < 1.29 is 22.7 Å². The van der Waals surface area contributed by atoms with E-state index in [1.54, 1.807) is 24.3 Å². The summed E-state index contributed by atoms with van der Waals surface area (Å²) in [5.74, 6) is 0.164. The van der Waals surface area contributed by atoms with E-state index in [2.05, 4.69) is 32.9 Å². The summed E-state index contributed by atoms with van der Waals surface area (Å²) in [7, 11) is 1.83. The highest BCUT2D eigenvalue weighted by atomic mass is 19.4. The highest BCUT2D eigenvalue weighted by Crippen LogP contribution is 2.44. The van der Waals surface area contributed by atoms with Gasteiger partial charge in [0.15, 0.2) is 5.69 Å². The number of carbonyl (C=O) groups is 1. The summed E-state index contributed by atoms with van der Waals surface area (Å²) in [6.07, 6.45) is -1.03. The smallest absolute Gasteiger partial charge is 0.424 e. The van der Waals surface area contributed by atoms with Gasteiger partial charge in [-0.15, -0.1) is 0 Å². The molecule has 0 aliphatic carbocycles. The number of nitrogens with two attached hydrogens (primary N) is 1. The van der Waals surface area contributed by atoms with Crippen molar-refractivity contribution in [3.05, 3.63) is 96.0 Å². The van der Waals surface area contributed by atoms with E-state index in [1.807, 2.05) is 36.7 Å². The fourth-order valence-electron chi connectivity index (χ4n) is 4.89. The van der Waals surface area contributed by atoms with Crippen molar-refractivity contribution in [2.45, 2.75) is 19.6 Å². The van der Waals surface area contributed by atoms with Crippen molar-refractivity contribution in [2.24, 2.45) is 7.05 Å². The Hall–Kier alpha value is -5.70. The van der Waals surface area contributed by atoms with Crippen LogP contribution >= 0.6 is 0 Å². The van der Waals surface area contributed by atoms with Crippen LogP contribution in [0.5, 0.6) is 11.8 Å². The number of carbonyl (C=O) groups excluding carboxylic acids is 1. The van der Waals surface area contributed by atoms with Crippen molar-refractivity contribution in [1.29, 1.82) is 5.26 Å². The fraction of sp³-hybridized carbons (Fsp3) is 0.129. The van der Waals surface area contributed by atoms with Crippen LogP contribution in [0.3, 0.4) is 0 Å². The van der Waals surface area contributed by atoms with Crippen LogP contribution in [0.2, 0.25) is 0 Å². The summed E-state index contributed by atoms with van der Waals surface area (Å²) in [5, 5.41) is 13.2. The molecule has 0 atom stereocenters. The number of nitrogens with zero attached hydrogens (tertiary/aromatic N) is 5. The van der Waals surface area contributed by atoms with Gasteiger partial charge in [-0.05, 0) is 47.9 Å². The number of hydrogen-bond donors (Lipinski definition) is 2. The van der Waals surface area contributed by atoms with E-state index >= 15 is 0 Å². The molecule has 2 aromatic carbocycles. The number of amides is 1. The second-order valence-corrected chi connectivity index (χ2v) is 9.60. The zero-order valence-electron chi connectivity index (χ0n) is 23.0. The Bertz CT molecular complexity index is 1920. The second kappa shape index (κ2) is 11.3. The number of nitrogens with one attached hydrogen (secondary N) is 1. The number of halogens is 3. The quantitative estimate of drug-likeness (QED) is 0.222. The molecule has 0 fully saturated rings. The number of nitriles is 1. The topological polar surface area (TPSA) is 132 Å². The number of anilines is 1. The molecule has 0 unspecified atom stereocenters. The van der Waals surface area contributed by atoms with Gasteiger partial charge in [-0.1, -0.05) is 36.9 Å². The fourth-order valence-corrected chi connectivity index (χ4v) is 4.89. The number of alkyl halides is 3. The Morgan fingerprint density at radius 2 is 1.93 bits per heavy atom. The molecule has 5 rings (SSSR count). The number of hydrogen-bond acceptors (Lipinski definition) is 7. The summed E-state index contributed by atoms with van der Waals surface area (Å²) in [5.41, 5.74) is 11.0. The van der Waals surface area contributed by atoms with Gasteiger partial charge in [0.2, 0.25) is 5.91 Å². The lowest BCUT2D eigenvalue weighted by molar-refractivity contribution is -0.141. The molecule has 3 N–H and O–H groups in total. The number of ether oxygens (including phenoxy) is 1. The van der Waals surface area contributed by atoms with Gasteiger partial charge in [0.1, 0.15) is 17.6 Å². The minimum Gasteiger partial charge on any atom is -0.424 e. The maximum Gasteiger partial charge on any atom is 0.433 e. The van der Waals surface area contributed by atoms with Gasteiger partial charge < -0.3 is 20.4 Å². The minimum atomic E-state index is -4.64. The molecule has 0 aliphatic heterocycles. The number of aromatic nitrogens is 4. The molecule has 5 aromatic rings. The van der Waals surface area contributed by atoms with Crippen LogP contribution < -0.4 is 15.8 Å². The molecule has 3 heterocycles. The van der Waals surface area contributed by atoms with E-state index in [9.17, 15) is 23.2 Å². The molecule has 0 spiro atoms. The molecule has 43 heavy (non-hydrogen) atoms. The number of benzene rings is 2. The molecule has 9 nitrogen and oxygen atoms in total. The van der Waals surface area contributed by atoms with Crippen LogP contribution in [0.4, 0.5) is 19.0 Å². The van der Waals surface area contributed by atoms with E-state index in [0.717, 1.165) is 34.6 Å². The maximum atomic E-state index is 13.1. The molecule has 0 aliphatic rings. The minimum absolute atomic E-state index is 0.218. The molecule has 0 saturated heterocycles. The summed E-state index contributed by atoms with van der Waals surface area (Å²) in [6, 6.07) is 14.9. The lowest BCUT2D eigenvalue weighted by Crippen LogP contribution is -2.19. The zero-order chi connectivity index (χ0) is 30.9. The Balaban J connectivity index is 1.61. The number of rotatable bonds is 7. The normalized spacial score (nSPS) is 11.3. The Morgan fingerprint density at radius 3 is 2.58 bits per heavy atom. The molecule has 216 valence electrons. The molecular weight excluding hydrogens is 559 g/mol. The first kappa shape index (κ1) is 28.8. The molecular formula is C31H24F3N7O2. The lowest BCUT2D eigenvalue weighted by Gasteiger charge is -2.14. The lowest BCUT2D eigenvalue weighted by atomic mass is 9.95. The Morgan fingerprint density at radius 1 is 1.19 bits per heavy atom. The molecule has 0 bridgehead atoms. The van der Waals surface area contributed by atoms with Crippen molar-refractivity contribution in [2.75, 3.05) is 5.73 Å². The first-order chi connectivity index (χ1) is 20.5. The van der Waals surface area contributed by atoms with Gasteiger partial charge in [-0.3, -0.25) is 4.79 Å². The van der Waals surface area contributed by atoms with Gasteiger partial charge in [-0.2, -0.15) is 23.4 Å². The Kier molecular flexibility index (Phi) is 7.56. The van der Waals surface area contributed by atoms with Crippen LogP contribution in [0.1, 0.15) is 22.4 Å². The maximum absolute atomic E-state index is 13.1. The third-order valence-electron chi connectivity index (χ3n) is 6.83. The SMILES string of the molecule is C=CC(=O)NCc1ccc(-c2c(-c3ccc(Oc4nccc(C(F)(F)F)n4)cc3)c3c(N)ncc(C#N)c3n2C)c(C)c1. The van der Waals surface area contributed by atoms with E-state index in [1.165, 1.54) is 12.3 Å². The number of nitrogen functional groups attached to an aromatic ring is 1. The number of pyridine rings is 1. The van der Waals surface area contributed by atoms with Crippen LogP contribution in [0.15, 0.2) is 73.6 Å². The average Bonchev–Trinajstić information content (AvgIpc) is 3.29. The number of aryl methyl sites for hydroxylation is 2. The molecule has 1 amide bonds. The first-order valence-electron chi connectivity index (χ1n) is 12.9. The Labute approximate surface area is 244 Å². The van der Waals surface area contributed by atoms with Crippen LogP contribution in [-0.2, 0) is 24.6 Å². The first-order valence-corrected chi connectivity index (χ1v) is 12.9. The van der Waals surface area contributed by atoms with Gasteiger partial charge in [-0.25, -0.2) is 9.97 Å². The highest BCUT2D eigenvalue weighted by Gasteiger charge is 2.33. The van der Waals surface area contributed by atoms with E-state index < -0.39 is 17.9 Å². The van der Waals surface area contributed by atoms with Crippen molar-refractivity contribution >= 4 is 22.6 Å². The summed E-state index contributed by atoms with van der Waals surface area (Å²) in [4.78, 5) is 23.1. The average molecular weight is 584 g/mol. The monoisotopic (exact) mass is 583 g/mol. The summed E-state index contributed by atoms with van der Waals surface area (Å²) < 4.78 is 46.6. The van der Waals surface area contributed by atoms with Crippen LogP contribution in [-0.4, -0.2) is 25.4 Å². The molecule has 3 aromatic heterocycles. The van der Waals surface area contributed by atoms with E-state index in [-0.39, 0.29) is 17.5 Å². The van der Waals surface area contributed by atoms with E-state index in [0.29, 0.717) is 34.1 Å². The summed E-state index contributed by atoms with van der Waals surface area (Å²) in [6.45, 7) is 5.72. The third-order valence-corrected chi connectivity index (χ3v) is 6.83. The largest absolute Gasteiger partial charge is 0.433 e. The third kappa shape index (κ3) is 5.60. The molecule has 0 saturated carbocycles. The van der Waals surface area contributed by atoms with Gasteiger partial charge in [0.25, 0.3) is 0 Å². The molecule has 12 heteroatoms. The zero-order valence-corrected chi connectivity index (χ0v) is 23.0. The summed E-state index contributed by atoms with van der Waals surface area (Å²) >= 11 is 0. The van der Waals surface area contributed by atoms with Crippen molar-refractivity contribution in [3.8, 4) is 40.2 Å².